The zero-order valence-electron chi connectivity index (χ0n) is 13.0. The third kappa shape index (κ3) is 3.79. The fourth-order valence-corrected chi connectivity index (χ4v) is 1.97. The minimum atomic E-state index is -0.418. The molecule has 0 spiro atoms. The van der Waals surface area contributed by atoms with E-state index in [9.17, 15) is 9.59 Å². The van der Waals surface area contributed by atoms with Gasteiger partial charge in [0, 0.05) is 24.2 Å². The molecule has 0 aliphatic rings. The summed E-state index contributed by atoms with van der Waals surface area (Å²) in [6.45, 7) is 0.198. The molecule has 1 aromatic carbocycles. The molecule has 0 atom stereocenters. The number of ether oxygens (including phenoxy) is 3. The minimum Gasteiger partial charge on any atom is -0.496 e. The van der Waals surface area contributed by atoms with E-state index in [4.69, 9.17) is 14.2 Å². The zero-order chi connectivity index (χ0) is 16.8. The first kappa shape index (κ1) is 16.3. The van der Waals surface area contributed by atoms with Crippen molar-refractivity contribution in [3.8, 4) is 17.2 Å². The first-order valence-corrected chi connectivity index (χ1v) is 6.72. The highest BCUT2D eigenvalue weighted by atomic mass is 16.5. The van der Waals surface area contributed by atoms with Crippen LogP contribution in [0.25, 0.3) is 0 Å². The molecule has 0 unspecified atom stereocenters. The lowest BCUT2D eigenvalue weighted by Crippen LogP contribution is -2.25. The average molecular weight is 319 g/mol. The van der Waals surface area contributed by atoms with Crippen LogP contribution in [0.4, 0.5) is 0 Å². The molecule has 0 saturated carbocycles. The number of aromatic amines is 1. The highest BCUT2D eigenvalue weighted by molar-refractivity contribution is 5.91. The van der Waals surface area contributed by atoms with Crippen molar-refractivity contribution in [2.75, 3.05) is 21.3 Å². The molecular weight excluding hydrogens is 302 g/mol. The molecule has 0 radical (unpaired) electrons. The van der Waals surface area contributed by atoms with Gasteiger partial charge in [0.15, 0.2) is 11.5 Å². The molecule has 0 saturated heterocycles. The van der Waals surface area contributed by atoms with Gasteiger partial charge in [-0.05, 0) is 12.1 Å². The first-order valence-electron chi connectivity index (χ1n) is 6.72. The lowest BCUT2D eigenvalue weighted by atomic mass is 10.1. The van der Waals surface area contributed by atoms with E-state index in [1.54, 1.807) is 12.1 Å². The number of benzene rings is 1. The molecular formula is C15H17N3O5. The summed E-state index contributed by atoms with van der Waals surface area (Å²) in [5.74, 6) is 1.19. The Hall–Kier alpha value is -3.03. The maximum Gasteiger partial charge on any atom is 0.271 e. The topological polar surface area (TPSA) is 103 Å². The van der Waals surface area contributed by atoms with Crippen LogP contribution in [-0.2, 0) is 6.54 Å². The Kier molecular flexibility index (Phi) is 5.19. The van der Waals surface area contributed by atoms with Crippen LogP contribution < -0.4 is 25.1 Å². The molecule has 8 nitrogen and oxygen atoms in total. The van der Waals surface area contributed by atoms with E-state index in [1.165, 1.54) is 33.5 Å². The molecule has 8 heteroatoms. The van der Waals surface area contributed by atoms with E-state index < -0.39 is 5.91 Å². The van der Waals surface area contributed by atoms with Gasteiger partial charge in [-0.1, -0.05) is 0 Å². The summed E-state index contributed by atoms with van der Waals surface area (Å²) in [4.78, 5) is 23.0. The number of methoxy groups -OCH3 is 3. The molecule has 0 aliphatic heterocycles. The number of hydrogen-bond acceptors (Lipinski definition) is 6. The number of nitrogens with one attached hydrogen (secondary N) is 2. The second-order valence-electron chi connectivity index (χ2n) is 4.51. The number of amides is 1. The van der Waals surface area contributed by atoms with E-state index in [-0.39, 0.29) is 17.8 Å². The molecule has 0 aliphatic carbocycles. The molecule has 2 rings (SSSR count). The maximum atomic E-state index is 12.0. The highest BCUT2D eigenvalue weighted by Crippen LogP contribution is 2.34. The largest absolute Gasteiger partial charge is 0.496 e. The van der Waals surface area contributed by atoms with Crippen molar-refractivity contribution in [3.05, 3.63) is 45.9 Å². The van der Waals surface area contributed by atoms with Crippen molar-refractivity contribution in [1.82, 2.24) is 15.5 Å². The second-order valence-corrected chi connectivity index (χ2v) is 4.51. The number of aromatic nitrogens is 2. The fourth-order valence-electron chi connectivity index (χ4n) is 1.97. The van der Waals surface area contributed by atoms with Gasteiger partial charge in [-0.25, -0.2) is 5.10 Å². The van der Waals surface area contributed by atoms with Gasteiger partial charge in [0.25, 0.3) is 11.5 Å². The van der Waals surface area contributed by atoms with Crippen molar-refractivity contribution in [2.45, 2.75) is 6.54 Å². The molecule has 1 aromatic heterocycles. The SMILES string of the molecule is COc1cc(OC)c(OC)cc1CNC(=O)c1ccc(=O)[nH]n1. The Bertz CT molecular complexity index is 737. The summed E-state index contributed by atoms with van der Waals surface area (Å²) in [5.41, 5.74) is 0.454. The summed E-state index contributed by atoms with van der Waals surface area (Å²) in [7, 11) is 4.58. The van der Waals surface area contributed by atoms with Crippen LogP contribution in [0.1, 0.15) is 16.1 Å². The van der Waals surface area contributed by atoms with Crippen molar-refractivity contribution >= 4 is 5.91 Å². The smallest absolute Gasteiger partial charge is 0.271 e. The molecule has 2 N–H and O–H groups in total. The van der Waals surface area contributed by atoms with Crippen LogP contribution in [-0.4, -0.2) is 37.4 Å². The van der Waals surface area contributed by atoms with Crippen LogP contribution in [0.3, 0.4) is 0 Å². The normalized spacial score (nSPS) is 10.0. The van der Waals surface area contributed by atoms with Gasteiger partial charge in [0.05, 0.1) is 21.3 Å². The van der Waals surface area contributed by atoms with Gasteiger partial charge in [0.2, 0.25) is 0 Å². The predicted molar refractivity (Wildman–Crippen MR) is 82.1 cm³/mol. The number of H-pyrrole nitrogens is 1. The predicted octanol–water partition coefficient (Wildman–Crippen LogP) is 0.726. The maximum absolute atomic E-state index is 12.0. The van der Waals surface area contributed by atoms with E-state index in [2.05, 4.69) is 15.5 Å². The lowest BCUT2D eigenvalue weighted by Gasteiger charge is -2.14. The van der Waals surface area contributed by atoms with Gasteiger partial charge in [-0.3, -0.25) is 9.59 Å². The Morgan fingerprint density at radius 1 is 1.09 bits per heavy atom. The zero-order valence-corrected chi connectivity index (χ0v) is 13.0. The quantitative estimate of drug-likeness (QED) is 0.813. The Labute approximate surface area is 132 Å². The standard InChI is InChI=1S/C15H17N3O5/c1-21-11-7-13(23-3)12(22-2)6-9(11)8-16-15(20)10-4-5-14(19)18-17-10/h4-7H,8H2,1-3H3,(H,16,20)(H,18,19). The van der Waals surface area contributed by atoms with Gasteiger partial charge >= 0.3 is 0 Å². The summed E-state index contributed by atoms with van der Waals surface area (Å²) < 4.78 is 15.7. The van der Waals surface area contributed by atoms with Crippen LogP contribution >= 0.6 is 0 Å². The summed E-state index contributed by atoms with van der Waals surface area (Å²) in [5, 5.41) is 8.57. The van der Waals surface area contributed by atoms with Gasteiger partial charge in [0.1, 0.15) is 11.4 Å². The van der Waals surface area contributed by atoms with Crippen LogP contribution in [0.2, 0.25) is 0 Å². The van der Waals surface area contributed by atoms with E-state index >= 15 is 0 Å². The fraction of sp³-hybridized carbons (Fsp3) is 0.267. The lowest BCUT2D eigenvalue weighted by molar-refractivity contribution is 0.0944. The number of hydrogen-bond donors (Lipinski definition) is 2. The second kappa shape index (κ2) is 7.30. The third-order valence-electron chi connectivity index (χ3n) is 3.14. The van der Waals surface area contributed by atoms with Crippen LogP contribution in [0, 0.1) is 0 Å². The molecule has 1 heterocycles. The Morgan fingerprint density at radius 3 is 2.30 bits per heavy atom. The first-order chi connectivity index (χ1) is 11.1. The Morgan fingerprint density at radius 2 is 1.74 bits per heavy atom. The van der Waals surface area contributed by atoms with Gasteiger partial charge in [-0.15, -0.1) is 0 Å². The average Bonchev–Trinajstić information content (AvgIpc) is 2.59. The van der Waals surface area contributed by atoms with Crippen molar-refractivity contribution in [3.63, 3.8) is 0 Å². The number of carbonyl (C=O) groups is 1. The van der Waals surface area contributed by atoms with Crippen molar-refractivity contribution in [2.24, 2.45) is 0 Å². The number of carbonyl (C=O) groups excluding carboxylic acids is 1. The monoisotopic (exact) mass is 319 g/mol. The third-order valence-corrected chi connectivity index (χ3v) is 3.14. The summed E-state index contributed by atoms with van der Waals surface area (Å²) >= 11 is 0. The molecule has 0 bridgehead atoms. The van der Waals surface area contributed by atoms with Gasteiger partial charge in [-0.2, -0.15) is 5.10 Å². The molecule has 23 heavy (non-hydrogen) atoms. The van der Waals surface area contributed by atoms with Crippen LogP contribution in [0.15, 0.2) is 29.1 Å². The number of rotatable bonds is 6. The van der Waals surface area contributed by atoms with E-state index in [1.807, 2.05) is 0 Å². The van der Waals surface area contributed by atoms with E-state index in [0.717, 1.165) is 0 Å². The van der Waals surface area contributed by atoms with E-state index in [0.29, 0.717) is 22.8 Å². The Balaban J connectivity index is 2.17. The molecule has 1 amide bonds. The highest BCUT2D eigenvalue weighted by Gasteiger charge is 2.13. The van der Waals surface area contributed by atoms with Crippen molar-refractivity contribution < 1.29 is 19.0 Å². The number of nitrogens with zero attached hydrogens (tertiary/aromatic N) is 1. The molecule has 0 fully saturated rings. The molecule has 122 valence electrons. The van der Waals surface area contributed by atoms with Crippen molar-refractivity contribution in [1.29, 1.82) is 0 Å². The summed E-state index contributed by atoms with van der Waals surface area (Å²) in [6, 6.07) is 5.98. The summed E-state index contributed by atoms with van der Waals surface area (Å²) in [6.07, 6.45) is 0. The molecule has 2 aromatic rings. The van der Waals surface area contributed by atoms with Gasteiger partial charge < -0.3 is 19.5 Å². The minimum absolute atomic E-state index is 0.115. The van der Waals surface area contributed by atoms with Crippen LogP contribution in [0.5, 0.6) is 17.2 Å².